The number of rotatable bonds is 5. The number of likely N-dealkylation sites (N-methyl/N-ethyl adjacent to an activating group) is 1. The van der Waals surface area contributed by atoms with Gasteiger partial charge >= 0.3 is 0 Å². The molecule has 0 radical (unpaired) electrons. The summed E-state index contributed by atoms with van der Waals surface area (Å²) in [5.41, 5.74) is 0.0142. The van der Waals surface area contributed by atoms with Crippen LogP contribution in [0.25, 0.3) is 0 Å². The third-order valence-corrected chi connectivity index (χ3v) is 2.50. The lowest BCUT2D eigenvalue weighted by Crippen LogP contribution is -2.36. The quantitative estimate of drug-likeness (QED) is 0.610. The van der Waals surface area contributed by atoms with Gasteiger partial charge in [-0.05, 0) is 26.0 Å². The summed E-state index contributed by atoms with van der Waals surface area (Å²) in [5, 5.41) is 29.6. The minimum absolute atomic E-state index is 0.0992. The molecule has 2 N–H and O–H groups in total. The van der Waals surface area contributed by atoms with Crippen LogP contribution in [-0.4, -0.2) is 34.3 Å². The molecule has 0 saturated heterocycles. The highest BCUT2D eigenvalue weighted by molar-refractivity contribution is 5.55. The van der Waals surface area contributed by atoms with E-state index in [4.69, 9.17) is 5.11 Å². The average molecular weight is 254 g/mol. The van der Waals surface area contributed by atoms with Gasteiger partial charge in [-0.15, -0.1) is 0 Å². The minimum atomic E-state index is -0.865. The van der Waals surface area contributed by atoms with Crippen LogP contribution in [0.5, 0.6) is 0 Å². The van der Waals surface area contributed by atoms with Gasteiger partial charge in [-0.1, -0.05) is 0 Å². The SMILES string of the molecule is CN(CC(C)(C)O)c1ccc([N+](=O)[O-])c(CO)c1. The summed E-state index contributed by atoms with van der Waals surface area (Å²) in [4.78, 5) is 12.0. The van der Waals surface area contributed by atoms with E-state index in [9.17, 15) is 15.2 Å². The number of aliphatic hydroxyl groups excluding tert-OH is 1. The molecular formula is C12H18N2O4. The molecule has 0 bridgehead atoms. The summed E-state index contributed by atoms with van der Waals surface area (Å²) < 4.78 is 0. The van der Waals surface area contributed by atoms with Crippen LogP contribution in [0, 0.1) is 10.1 Å². The standard InChI is InChI=1S/C12H18N2O4/c1-12(2,16)8-13(3)10-4-5-11(14(17)18)9(6-10)7-15/h4-6,15-16H,7-8H2,1-3H3. The molecule has 0 aromatic heterocycles. The summed E-state index contributed by atoms with van der Waals surface area (Å²) in [6.07, 6.45) is 0. The van der Waals surface area contributed by atoms with E-state index < -0.39 is 10.5 Å². The lowest BCUT2D eigenvalue weighted by Gasteiger charge is -2.27. The van der Waals surface area contributed by atoms with E-state index in [0.717, 1.165) is 0 Å². The number of aliphatic hydroxyl groups is 2. The van der Waals surface area contributed by atoms with Gasteiger partial charge in [0.15, 0.2) is 0 Å². The van der Waals surface area contributed by atoms with Crippen LogP contribution in [0.3, 0.4) is 0 Å². The van der Waals surface area contributed by atoms with Crippen LogP contribution in [0.2, 0.25) is 0 Å². The number of nitrogens with zero attached hydrogens (tertiary/aromatic N) is 2. The van der Waals surface area contributed by atoms with Crippen LogP contribution < -0.4 is 4.90 Å². The zero-order valence-corrected chi connectivity index (χ0v) is 10.8. The molecule has 0 aliphatic carbocycles. The highest BCUT2D eigenvalue weighted by Crippen LogP contribution is 2.25. The van der Waals surface area contributed by atoms with Crippen molar-refractivity contribution in [1.29, 1.82) is 0 Å². The molecule has 1 aromatic rings. The molecule has 6 nitrogen and oxygen atoms in total. The third kappa shape index (κ3) is 3.68. The molecule has 0 spiro atoms. The number of hydrogen-bond donors (Lipinski definition) is 2. The summed E-state index contributed by atoms with van der Waals surface area (Å²) in [6, 6.07) is 4.52. The lowest BCUT2D eigenvalue weighted by atomic mass is 10.1. The largest absolute Gasteiger partial charge is 0.391 e. The topological polar surface area (TPSA) is 86.8 Å². The molecule has 0 heterocycles. The maximum absolute atomic E-state index is 10.7. The maximum atomic E-state index is 10.7. The number of anilines is 1. The van der Waals surface area contributed by atoms with E-state index in [1.165, 1.54) is 6.07 Å². The van der Waals surface area contributed by atoms with Crippen LogP contribution in [0.15, 0.2) is 18.2 Å². The second-order valence-electron chi connectivity index (χ2n) is 4.90. The number of nitro groups is 1. The Kier molecular flexibility index (Phi) is 4.26. The van der Waals surface area contributed by atoms with Gasteiger partial charge in [0.25, 0.3) is 5.69 Å². The van der Waals surface area contributed by atoms with E-state index in [2.05, 4.69) is 0 Å². The second-order valence-corrected chi connectivity index (χ2v) is 4.90. The van der Waals surface area contributed by atoms with Crippen LogP contribution in [0.1, 0.15) is 19.4 Å². The van der Waals surface area contributed by atoms with Gasteiger partial charge in [-0.25, -0.2) is 0 Å². The molecular weight excluding hydrogens is 236 g/mol. The highest BCUT2D eigenvalue weighted by atomic mass is 16.6. The van der Waals surface area contributed by atoms with Crippen molar-refractivity contribution in [2.75, 3.05) is 18.5 Å². The fourth-order valence-corrected chi connectivity index (χ4v) is 1.79. The van der Waals surface area contributed by atoms with Gasteiger partial charge in [-0.2, -0.15) is 0 Å². The Morgan fingerprint density at radius 1 is 1.44 bits per heavy atom. The predicted octanol–water partition coefficient (Wildman–Crippen LogP) is 1.29. The smallest absolute Gasteiger partial charge is 0.275 e. The van der Waals surface area contributed by atoms with Crippen molar-refractivity contribution in [3.63, 3.8) is 0 Å². The number of hydrogen-bond acceptors (Lipinski definition) is 5. The molecule has 0 aliphatic heterocycles. The van der Waals surface area contributed by atoms with E-state index in [1.54, 1.807) is 37.9 Å². The number of benzene rings is 1. The van der Waals surface area contributed by atoms with Crippen molar-refractivity contribution in [1.82, 2.24) is 0 Å². The van der Waals surface area contributed by atoms with Gasteiger partial charge in [0.2, 0.25) is 0 Å². The molecule has 1 aromatic carbocycles. The van der Waals surface area contributed by atoms with Gasteiger partial charge in [0.05, 0.1) is 22.7 Å². The van der Waals surface area contributed by atoms with Crippen molar-refractivity contribution in [3.8, 4) is 0 Å². The first-order valence-corrected chi connectivity index (χ1v) is 5.56. The maximum Gasteiger partial charge on any atom is 0.275 e. The van der Waals surface area contributed by atoms with Crippen molar-refractivity contribution in [2.24, 2.45) is 0 Å². The summed E-state index contributed by atoms with van der Waals surface area (Å²) in [5.74, 6) is 0. The first-order valence-electron chi connectivity index (χ1n) is 5.56. The molecule has 18 heavy (non-hydrogen) atoms. The van der Waals surface area contributed by atoms with Crippen molar-refractivity contribution < 1.29 is 15.1 Å². The van der Waals surface area contributed by atoms with E-state index in [0.29, 0.717) is 12.2 Å². The lowest BCUT2D eigenvalue weighted by molar-refractivity contribution is -0.385. The summed E-state index contributed by atoms with van der Waals surface area (Å²) >= 11 is 0. The molecule has 100 valence electrons. The predicted molar refractivity (Wildman–Crippen MR) is 68.6 cm³/mol. The molecule has 0 fully saturated rings. The molecule has 0 atom stereocenters. The van der Waals surface area contributed by atoms with Gasteiger partial charge < -0.3 is 15.1 Å². The second kappa shape index (κ2) is 5.32. The molecule has 0 amide bonds. The van der Waals surface area contributed by atoms with Crippen molar-refractivity contribution in [3.05, 3.63) is 33.9 Å². The molecule has 1 rings (SSSR count). The van der Waals surface area contributed by atoms with Gasteiger partial charge in [0, 0.05) is 25.3 Å². The molecule has 6 heteroatoms. The third-order valence-electron chi connectivity index (χ3n) is 2.50. The monoisotopic (exact) mass is 254 g/mol. The highest BCUT2D eigenvalue weighted by Gasteiger charge is 2.18. The fraction of sp³-hybridized carbons (Fsp3) is 0.500. The first kappa shape index (κ1) is 14.4. The van der Waals surface area contributed by atoms with Crippen LogP contribution in [0.4, 0.5) is 11.4 Å². The molecule has 0 saturated carbocycles. The van der Waals surface area contributed by atoms with E-state index in [1.807, 2.05) is 0 Å². The van der Waals surface area contributed by atoms with E-state index in [-0.39, 0.29) is 17.9 Å². The summed E-state index contributed by atoms with van der Waals surface area (Å²) in [6.45, 7) is 3.36. The van der Waals surface area contributed by atoms with Crippen LogP contribution >= 0.6 is 0 Å². The molecule has 0 aliphatic rings. The van der Waals surface area contributed by atoms with E-state index >= 15 is 0 Å². The Hall–Kier alpha value is -1.66. The Bertz CT molecular complexity index is 440. The average Bonchev–Trinajstić information content (AvgIpc) is 2.25. The Morgan fingerprint density at radius 2 is 2.06 bits per heavy atom. The van der Waals surface area contributed by atoms with Crippen molar-refractivity contribution in [2.45, 2.75) is 26.1 Å². The molecule has 0 unspecified atom stereocenters. The summed E-state index contributed by atoms with van der Waals surface area (Å²) in [7, 11) is 1.78. The van der Waals surface area contributed by atoms with Crippen molar-refractivity contribution >= 4 is 11.4 Å². The van der Waals surface area contributed by atoms with Gasteiger partial charge in [0.1, 0.15) is 0 Å². The Balaban J connectivity index is 3.02. The normalized spacial score (nSPS) is 11.4. The zero-order chi connectivity index (χ0) is 13.9. The Labute approximate surface area is 106 Å². The fourth-order valence-electron chi connectivity index (χ4n) is 1.79. The van der Waals surface area contributed by atoms with Crippen LogP contribution in [-0.2, 0) is 6.61 Å². The minimum Gasteiger partial charge on any atom is -0.391 e. The van der Waals surface area contributed by atoms with Gasteiger partial charge in [-0.3, -0.25) is 10.1 Å². The zero-order valence-electron chi connectivity index (χ0n) is 10.8. The number of nitro benzene ring substituents is 1. The first-order chi connectivity index (χ1) is 8.24. The Morgan fingerprint density at radius 3 is 2.50 bits per heavy atom.